The van der Waals surface area contributed by atoms with Crippen LogP contribution in [-0.4, -0.2) is 7.11 Å². The Morgan fingerprint density at radius 1 is 1.00 bits per heavy atom. The van der Waals surface area contributed by atoms with Gasteiger partial charge in [-0.1, -0.05) is 6.07 Å². The van der Waals surface area contributed by atoms with Gasteiger partial charge in [-0.15, -0.1) is 0 Å². The Hall–Kier alpha value is -1.23. The van der Waals surface area contributed by atoms with Crippen LogP contribution >= 0.6 is 22.6 Å². The molecule has 2 nitrogen and oxygen atoms in total. The first-order valence-corrected chi connectivity index (χ1v) is 6.02. The van der Waals surface area contributed by atoms with Gasteiger partial charge < -0.3 is 10.1 Å². The second-order valence-corrected chi connectivity index (χ2v) is 4.61. The van der Waals surface area contributed by atoms with Crippen LogP contribution in [0.3, 0.4) is 0 Å². The molecule has 0 amide bonds. The maximum atomic E-state index is 5.17. The zero-order valence-electron chi connectivity index (χ0n) is 8.91. The summed E-state index contributed by atoms with van der Waals surface area (Å²) in [5.41, 5.74) is 2.11. The summed E-state index contributed by atoms with van der Waals surface area (Å²) < 4.78 is 6.40. The van der Waals surface area contributed by atoms with E-state index in [-0.39, 0.29) is 0 Å². The predicted octanol–water partition coefficient (Wildman–Crippen LogP) is 4.04. The predicted molar refractivity (Wildman–Crippen MR) is 75.4 cm³/mol. The molecule has 0 saturated heterocycles. The van der Waals surface area contributed by atoms with Crippen LogP contribution in [0.5, 0.6) is 5.75 Å². The van der Waals surface area contributed by atoms with Crippen LogP contribution in [0.25, 0.3) is 0 Å². The summed E-state index contributed by atoms with van der Waals surface area (Å²) in [5, 5.41) is 3.32. The van der Waals surface area contributed by atoms with Gasteiger partial charge in [0.2, 0.25) is 0 Å². The van der Waals surface area contributed by atoms with E-state index < -0.39 is 0 Å². The summed E-state index contributed by atoms with van der Waals surface area (Å²) in [5.74, 6) is 0.857. The summed E-state index contributed by atoms with van der Waals surface area (Å²) in [6.45, 7) is 0. The third-order valence-electron chi connectivity index (χ3n) is 2.20. The zero-order valence-corrected chi connectivity index (χ0v) is 11.1. The first-order valence-electron chi connectivity index (χ1n) is 4.94. The Morgan fingerprint density at radius 2 is 1.75 bits per heavy atom. The molecule has 1 N–H and O–H groups in total. The first-order chi connectivity index (χ1) is 7.78. The van der Waals surface area contributed by atoms with Gasteiger partial charge in [0.05, 0.1) is 7.11 Å². The number of ether oxygens (including phenoxy) is 1. The molecule has 2 rings (SSSR count). The lowest BCUT2D eigenvalue weighted by molar-refractivity contribution is 0.415. The number of rotatable bonds is 3. The van der Waals surface area contributed by atoms with E-state index in [4.69, 9.17) is 4.74 Å². The van der Waals surface area contributed by atoms with Gasteiger partial charge in [0.25, 0.3) is 0 Å². The molecule has 0 aliphatic carbocycles. The van der Waals surface area contributed by atoms with Crippen molar-refractivity contribution in [2.24, 2.45) is 0 Å². The highest BCUT2D eigenvalue weighted by molar-refractivity contribution is 14.1. The van der Waals surface area contributed by atoms with Crippen LogP contribution < -0.4 is 10.1 Å². The van der Waals surface area contributed by atoms with Gasteiger partial charge in [0, 0.05) is 21.0 Å². The highest BCUT2D eigenvalue weighted by atomic mass is 127. The minimum Gasteiger partial charge on any atom is -0.497 e. The van der Waals surface area contributed by atoms with Crippen LogP contribution in [0.2, 0.25) is 0 Å². The maximum absolute atomic E-state index is 5.17. The number of methoxy groups -OCH3 is 1. The number of hydrogen-bond donors (Lipinski definition) is 1. The van der Waals surface area contributed by atoms with Crippen molar-refractivity contribution < 1.29 is 4.74 Å². The zero-order chi connectivity index (χ0) is 11.4. The molecule has 0 aliphatic rings. The molecule has 0 aromatic heterocycles. The van der Waals surface area contributed by atoms with Gasteiger partial charge in [-0.25, -0.2) is 0 Å². The third kappa shape index (κ3) is 2.88. The fourth-order valence-electron chi connectivity index (χ4n) is 1.40. The van der Waals surface area contributed by atoms with Crippen LogP contribution in [0.4, 0.5) is 11.4 Å². The highest BCUT2D eigenvalue weighted by Gasteiger charge is 1.96. The third-order valence-corrected chi connectivity index (χ3v) is 2.92. The van der Waals surface area contributed by atoms with Crippen molar-refractivity contribution in [3.05, 3.63) is 52.1 Å². The Kier molecular flexibility index (Phi) is 3.66. The SMILES string of the molecule is COc1cccc(Nc2ccc(I)cc2)c1. The molecular weight excluding hydrogens is 313 g/mol. The fraction of sp³-hybridized carbons (Fsp3) is 0.0769. The number of anilines is 2. The molecule has 2 aromatic carbocycles. The van der Waals surface area contributed by atoms with Gasteiger partial charge in [0.15, 0.2) is 0 Å². The Bertz CT molecular complexity index is 468. The van der Waals surface area contributed by atoms with Crippen molar-refractivity contribution >= 4 is 34.0 Å². The number of nitrogens with one attached hydrogen (secondary N) is 1. The standard InChI is InChI=1S/C13H12INO/c1-16-13-4-2-3-12(9-13)15-11-7-5-10(14)6-8-11/h2-9,15H,1H3. The molecule has 0 unspecified atom stereocenters. The van der Waals surface area contributed by atoms with Crippen molar-refractivity contribution in [3.8, 4) is 5.75 Å². The van der Waals surface area contributed by atoms with Crippen molar-refractivity contribution in [2.45, 2.75) is 0 Å². The largest absolute Gasteiger partial charge is 0.497 e. The van der Waals surface area contributed by atoms with Crippen molar-refractivity contribution in [2.75, 3.05) is 12.4 Å². The lowest BCUT2D eigenvalue weighted by Crippen LogP contribution is -1.91. The molecule has 0 fully saturated rings. The molecule has 0 bridgehead atoms. The van der Waals surface area contributed by atoms with Crippen LogP contribution in [-0.2, 0) is 0 Å². The molecule has 82 valence electrons. The van der Waals surface area contributed by atoms with E-state index in [1.54, 1.807) is 7.11 Å². The van der Waals surface area contributed by atoms with Gasteiger partial charge in [-0.05, 0) is 59.0 Å². The van der Waals surface area contributed by atoms with E-state index >= 15 is 0 Å². The molecule has 16 heavy (non-hydrogen) atoms. The van der Waals surface area contributed by atoms with Gasteiger partial charge in [0.1, 0.15) is 5.75 Å². The summed E-state index contributed by atoms with van der Waals surface area (Å²) in [6, 6.07) is 16.1. The van der Waals surface area contributed by atoms with E-state index in [9.17, 15) is 0 Å². The monoisotopic (exact) mass is 325 g/mol. The van der Waals surface area contributed by atoms with Crippen LogP contribution in [0.1, 0.15) is 0 Å². The number of halogens is 1. The molecule has 0 atom stereocenters. The lowest BCUT2D eigenvalue weighted by atomic mass is 10.2. The molecule has 2 aromatic rings. The molecule has 0 heterocycles. The van der Waals surface area contributed by atoms with Crippen LogP contribution in [0, 0.1) is 3.57 Å². The van der Waals surface area contributed by atoms with Gasteiger partial charge in [-0.3, -0.25) is 0 Å². The Balaban J connectivity index is 2.16. The highest BCUT2D eigenvalue weighted by Crippen LogP contribution is 2.21. The summed E-state index contributed by atoms with van der Waals surface area (Å²) in [7, 11) is 1.67. The second-order valence-electron chi connectivity index (χ2n) is 3.36. The molecule has 3 heteroatoms. The Labute approximate surface area is 109 Å². The van der Waals surface area contributed by atoms with E-state index in [0.29, 0.717) is 0 Å². The molecule has 0 aliphatic heterocycles. The van der Waals surface area contributed by atoms with E-state index in [1.807, 2.05) is 24.3 Å². The van der Waals surface area contributed by atoms with Crippen molar-refractivity contribution in [3.63, 3.8) is 0 Å². The Morgan fingerprint density at radius 3 is 2.44 bits per heavy atom. The normalized spacial score (nSPS) is 9.88. The second kappa shape index (κ2) is 5.21. The summed E-state index contributed by atoms with van der Waals surface area (Å²) in [4.78, 5) is 0. The minimum absolute atomic E-state index is 0.857. The minimum atomic E-state index is 0.857. The van der Waals surface area contributed by atoms with Crippen LogP contribution in [0.15, 0.2) is 48.5 Å². The van der Waals surface area contributed by atoms with Crippen molar-refractivity contribution in [1.82, 2.24) is 0 Å². The summed E-state index contributed by atoms with van der Waals surface area (Å²) in [6.07, 6.45) is 0. The summed E-state index contributed by atoms with van der Waals surface area (Å²) >= 11 is 2.29. The van der Waals surface area contributed by atoms with Gasteiger partial charge in [-0.2, -0.15) is 0 Å². The lowest BCUT2D eigenvalue weighted by Gasteiger charge is -2.07. The average molecular weight is 325 g/mol. The topological polar surface area (TPSA) is 21.3 Å². The molecule has 0 saturated carbocycles. The maximum Gasteiger partial charge on any atom is 0.120 e. The first kappa shape index (κ1) is 11.3. The quantitative estimate of drug-likeness (QED) is 0.860. The smallest absolute Gasteiger partial charge is 0.120 e. The van der Waals surface area contributed by atoms with Crippen molar-refractivity contribution in [1.29, 1.82) is 0 Å². The molecular formula is C13H12INO. The molecule has 0 radical (unpaired) electrons. The van der Waals surface area contributed by atoms with E-state index in [0.717, 1.165) is 17.1 Å². The molecule has 0 spiro atoms. The van der Waals surface area contributed by atoms with E-state index in [2.05, 4.69) is 52.2 Å². The fourth-order valence-corrected chi connectivity index (χ4v) is 1.76. The number of benzene rings is 2. The average Bonchev–Trinajstić information content (AvgIpc) is 2.32. The number of hydrogen-bond acceptors (Lipinski definition) is 2. The van der Waals surface area contributed by atoms with E-state index in [1.165, 1.54) is 3.57 Å². The van der Waals surface area contributed by atoms with Gasteiger partial charge >= 0.3 is 0 Å².